The van der Waals surface area contributed by atoms with Gasteiger partial charge >= 0.3 is 0 Å². The maximum atomic E-state index is 12.3. The van der Waals surface area contributed by atoms with Gasteiger partial charge in [0.05, 0.1) is 11.7 Å². The Morgan fingerprint density at radius 2 is 2.16 bits per heavy atom. The van der Waals surface area contributed by atoms with E-state index in [1.807, 2.05) is 0 Å². The van der Waals surface area contributed by atoms with Crippen molar-refractivity contribution in [3.8, 4) is 17.4 Å². The van der Waals surface area contributed by atoms with Gasteiger partial charge in [-0.05, 0) is 31.0 Å². The first-order valence-corrected chi connectivity index (χ1v) is 8.19. The van der Waals surface area contributed by atoms with Crippen LogP contribution in [-0.2, 0) is 4.74 Å². The molecule has 7 heteroatoms. The summed E-state index contributed by atoms with van der Waals surface area (Å²) in [6, 6.07) is 8.62. The number of nitrogens with one attached hydrogen (secondary N) is 1. The minimum absolute atomic E-state index is 0.135. The van der Waals surface area contributed by atoms with E-state index >= 15 is 0 Å². The number of pyridine rings is 1. The van der Waals surface area contributed by atoms with E-state index < -0.39 is 0 Å². The number of carbonyl (C=O) groups excluding carboxylic acids is 1. The second-order valence-corrected chi connectivity index (χ2v) is 5.85. The van der Waals surface area contributed by atoms with Crippen LogP contribution in [0.4, 0.5) is 5.69 Å². The number of carbonyl (C=O) groups is 1. The number of ether oxygens (including phenoxy) is 4. The molecule has 2 aliphatic heterocycles. The lowest BCUT2D eigenvalue weighted by Crippen LogP contribution is -2.17. The smallest absolute Gasteiger partial charge is 0.257 e. The highest BCUT2D eigenvalue weighted by Crippen LogP contribution is 2.34. The molecule has 0 bridgehead atoms. The van der Waals surface area contributed by atoms with Crippen LogP contribution in [0.5, 0.6) is 17.4 Å². The van der Waals surface area contributed by atoms with Gasteiger partial charge in [-0.2, -0.15) is 0 Å². The third kappa shape index (κ3) is 3.66. The van der Waals surface area contributed by atoms with Crippen molar-refractivity contribution in [1.29, 1.82) is 0 Å². The molecule has 2 aliphatic rings. The highest BCUT2D eigenvalue weighted by molar-refractivity contribution is 6.04. The Kier molecular flexibility index (Phi) is 4.39. The van der Waals surface area contributed by atoms with E-state index in [2.05, 4.69) is 10.3 Å². The van der Waals surface area contributed by atoms with Crippen molar-refractivity contribution in [3.63, 3.8) is 0 Å². The lowest BCUT2D eigenvalue weighted by Gasteiger charge is -2.11. The number of anilines is 1. The van der Waals surface area contributed by atoms with Gasteiger partial charge in [-0.3, -0.25) is 4.79 Å². The molecular weight excluding hydrogens is 324 g/mol. The molecule has 1 aromatic carbocycles. The standard InChI is InChI=1S/C18H18N2O5/c21-18(20-13-4-5-15-16(8-13)25-11-24-15)12-3-6-17(19-9-12)23-10-14-2-1-7-22-14/h3-6,8-9,14H,1-2,7,10-11H2,(H,20,21)/t14-/m1/s1. The van der Waals surface area contributed by atoms with Crippen LogP contribution < -0.4 is 19.5 Å². The number of hydrogen-bond acceptors (Lipinski definition) is 6. The second-order valence-electron chi connectivity index (χ2n) is 5.85. The summed E-state index contributed by atoms with van der Waals surface area (Å²) in [6.45, 7) is 1.47. The van der Waals surface area contributed by atoms with Gasteiger partial charge in [-0.15, -0.1) is 0 Å². The summed E-state index contributed by atoms with van der Waals surface area (Å²) in [7, 11) is 0. The predicted octanol–water partition coefficient (Wildman–Crippen LogP) is 2.62. The van der Waals surface area contributed by atoms with E-state index in [1.54, 1.807) is 30.3 Å². The summed E-state index contributed by atoms with van der Waals surface area (Å²) < 4.78 is 21.6. The molecule has 25 heavy (non-hydrogen) atoms. The first-order valence-electron chi connectivity index (χ1n) is 8.19. The highest BCUT2D eigenvalue weighted by Gasteiger charge is 2.17. The molecule has 0 radical (unpaired) electrons. The molecule has 1 amide bonds. The number of aromatic nitrogens is 1. The Balaban J connectivity index is 1.35. The van der Waals surface area contributed by atoms with Crippen molar-refractivity contribution in [3.05, 3.63) is 42.1 Å². The zero-order valence-corrected chi connectivity index (χ0v) is 13.6. The monoisotopic (exact) mass is 342 g/mol. The number of hydrogen-bond donors (Lipinski definition) is 1. The lowest BCUT2D eigenvalue weighted by atomic mass is 10.2. The van der Waals surface area contributed by atoms with E-state index in [4.69, 9.17) is 18.9 Å². The van der Waals surface area contributed by atoms with Gasteiger partial charge in [0.15, 0.2) is 11.5 Å². The molecule has 1 N–H and O–H groups in total. The largest absolute Gasteiger partial charge is 0.475 e. The molecule has 0 spiro atoms. The zero-order chi connectivity index (χ0) is 17.1. The average Bonchev–Trinajstić information content (AvgIpc) is 3.31. The first-order chi connectivity index (χ1) is 12.3. The molecule has 1 saturated heterocycles. The van der Waals surface area contributed by atoms with Crippen molar-refractivity contribution < 1.29 is 23.7 Å². The Labute approximate surface area is 144 Å². The van der Waals surface area contributed by atoms with Gasteiger partial charge in [-0.1, -0.05) is 0 Å². The van der Waals surface area contributed by atoms with E-state index in [9.17, 15) is 4.79 Å². The summed E-state index contributed by atoms with van der Waals surface area (Å²) in [5.41, 5.74) is 1.08. The van der Waals surface area contributed by atoms with E-state index in [0.29, 0.717) is 35.2 Å². The third-order valence-electron chi connectivity index (χ3n) is 4.07. The quantitative estimate of drug-likeness (QED) is 0.900. The number of fused-ring (bicyclic) bond motifs is 1. The van der Waals surface area contributed by atoms with Crippen LogP contribution >= 0.6 is 0 Å². The van der Waals surface area contributed by atoms with E-state index in [0.717, 1.165) is 19.4 Å². The maximum absolute atomic E-state index is 12.3. The number of nitrogens with zero attached hydrogens (tertiary/aromatic N) is 1. The number of amides is 1. The van der Waals surface area contributed by atoms with Crippen LogP contribution in [0, 0.1) is 0 Å². The van der Waals surface area contributed by atoms with Crippen molar-refractivity contribution in [2.45, 2.75) is 18.9 Å². The number of rotatable bonds is 5. The van der Waals surface area contributed by atoms with Crippen LogP contribution in [0.15, 0.2) is 36.5 Å². The minimum Gasteiger partial charge on any atom is -0.475 e. The second kappa shape index (κ2) is 6.98. The molecule has 1 fully saturated rings. The molecule has 130 valence electrons. The molecule has 3 heterocycles. The fraction of sp³-hybridized carbons (Fsp3) is 0.333. The summed E-state index contributed by atoms with van der Waals surface area (Å²) in [5.74, 6) is 1.52. The molecule has 1 aromatic heterocycles. The fourth-order valence-corrected chi connectivity index (χ4v) is 2.73. The van der Waals surface area contributed by atoms with E-state index in [-0.39, 0.29) is 18.8 Å². The Hall–Kier alpha value is -2.80. The van der Waals surface area contributed by atoms with Crippen molar-refractivity contribution in [2.75, 3.05) is 25.3 Å². The summed E-state index contributed by atoms with van der Waals surface area (Å²) in [5, 5.41) is 2.81. The normalized spacial score (nSPS) is 18.2. The van der Waals surface area contributed by atoms with Crippen molar-refractivity contribution in [1.82, 2.24) is 4.98 Å². The Morgan fingerprint density at radius 3 is 2.96 bits per heavy atom. The zero-order valence-electron chi connectivity index (χ0n) is 13.6. The molecule has 0 unspecified atom stereocenters. The van der Waals surface area contributed by atoms with Crippen molar-refractivity contribution >= 4 is 11.6 Å². The van der Waals surface area contributed by atoms with Crippen LogP contribution in [0.1, 0.15) is 23.2 Å². The summed E-state index contributed by atoms with van der Waals surface area (Å²) in [6.07, 6.45) is 3.71. The van der Waals surface area contributed by atoms with Crippen LogP contribution in [0.25, 0.3) is 0 Å². The maximum Gasteiger partial charge on any atom is 0.257 e. The SMILES string of the molecule is O=C(Nc1ccc2c(c1)OCO2)c1ccc(OC[C@H]2CCCO2)nc1. The van der Waals surface area contributed by atoms with Gasteiger partial charge in [0.1, 0.15) is 6.61 Å². The van der Waals surface area contributed by atoms with Gasteiger partial charge < -0.3 is 24.3 Å². The molecule has 0 aliphatic carbocycles. The van der Waals surface area contributed by atoms with Gasteiger partial charge in [0.25, 0.3) is 5.91 Å². The summed E-state index contributed by atoms with van der Waals surface area (Å²) in [4.78, 5) is 16.5. The molecule has 2 aromatic rings. The topological polar surface area (TPSA) is 78.9 Å². The molecular formula is C18H18N2O5. The molecule has 4 rings (SSSR count). The van der Waals surface area contributed by atoms with Crippen LogP contribution in [0.3, 0.4) is 0 Å². The molecule has 7 nitrogen and oxygen atoms in total. The van der Waals surface area contributed by atoms with Crippen LogP contribution in [-0.4, -0.2) is 37.0 Å². The highest BCUT2D eigenvalue weighted by atomic mass is 16.7. The minimum atomic E-state index is -0.253. The molecule has 1 atom stereocenters. The molecule has 0 saturated carbocycles. The van der Waals surface area contributed by atoms with Gasteiger partial charge in [0, 0.05) is 30.6 Å². The van der Waals surface area contributed by atoms with Crippen LogP contribution in [0.2, 0.25) is 0 Å². The third-order valence-corrected chi connectivity index (χ3v) is 4.07. The van der Waals surface area contributed by atoms with Gasteiger partial charge in [-0.25, -0.2) is 4.98 Å². The van der Waals surface area contributed by atoms with Gasteiger partial charge in [0.2, 0.25) is 12.7 Å². The fourth-order valence-electron chi connectivity index (χ4n) is 2.73. The lowest BCUT2D eigenvalue weighted by molar-refractivity contribution is 0.0663. The Bertz CT molecular complexity index is 757. The van der Waals surface area contributed by atoms with E-state index in [1.165, 1.54) is 6.20 Å². The summed E-state index contributed by atoms with van der Waals surface area (Å²) >= 11 is 0. The Morgan fingerprint density at radius 1 is 1.24 bits per heavy atom. The number of benzene rings is 1. The average molecular weight is 342 g/mol. The predicted molar refractivity (Wildman–Crippen MR) is 89.2 cm³/mol. The first kappa shape index (κ1) is 15.7. The van der Waals surface area contributed by atoms with Crippen molar-refractivity contribution in [2.24, 2.45) is 0 Å².